The van der Waals surface area contributed by atoms with Crippen molar-refractivity contribution >= 4 is 51.8 Å². The van der Waals surface area contributed by atoms with Crippen molar-refractivity contribution in [3.8, 4) is 0 Å². The second-order valence-electron chi connectivity index (χ2n) is 6.55. The summed E-state index contributed by atoms with van der Waals surface area (Å²) in [5.74, 6) is -3.64. The van der Waals surface area contributed by atoms with Crippen LogP contribution >= 0.6 is 23.1 Å². The first kappa shape index (κ1) is 20.0. The molecule has 2 aromatic rings. The van der Waals surface area contributed by atoms with Gasteiger partial charge in [0, 0.05) is 28.8 Å². The Morgan fingerprint density at radius 1 is 1.30 bits per heavy atom. The lowest BCUT2D eigenvalue weighted by atomic mass is 10.0. The normalized spacial score (nSPS) is 20.4. The van der Waals surface area contributed by atoms with E-state index in [9.17, 15) is 24.3 Å². The molecule has 0 spiro atoms. The first-order valence-corrected chi connectivity index (χ1v) is 10.7. The van der Waals surface area contributed by atoms with Crippen LogP contribution in [0.15, 0.2) is 47.2 Å². The van der Waals surface area contributed by atoms with Crippen LogP contribution in [0.5, 0.6) is 0 Å². The summed E-state index contributed by atoms with van der Waals surface area (Å²) in [4.78, 5) is 53.7. The highest BCUT2D eigenvalue weighted by Crippen LogP contribution is 2.40. The molecule has 3 N–H and O–H groups in total. The molecule has 2 aliphatic rings. The minimum atomic E-state index is -1.46. The van der Waals surface area contributed by atoms with Crippen LogP contribution in [0.4, 0.5) is 5.13 Å². The number of nitrogens with zero attached hydrogens (tertiary/aromatic N) is 3. The average Bonchev–Trinajstić information content (AvgIpc) is 3.17. The van der Waals surface area contributed by atoms with E-state index in [1.165, 1.54) is 17.1 Å². The smallest absolute Gasteiger partial charge is 0.294 e. The fourth-order valence-corrected chi connectivity index (χ4v) is 5.15. The number of fused-ring (bicyclic) bond motifs is 1. The lowest BCUT2D eigenvalue weighted by Crippen LogP contribution is -2.71. The van der Waals surface area contributed by atoms with Crippen LogP contribution in [0.1, 0.15) is 10.5 Å². The molecule has 0 bridgehead atoms. The first-order chi connectivity index (χ1) is 14.4. The summed E-state index contributed by atoms with van der Waals surface area (Å²) >= 11 is 2.33. The largest absolute Gasteiger partial charge is 0.543 e. The minimum absolute atomic E-state index is 0.104. The summed E-state index contributed by atoms with van der Waals surface area (Å²) in [5, 5.41) is 15.0. The number of ketones is 1. The molecule has 1 saturated heterocycles. The van der Waals surface area contributed by atoms with Gasteiger partial charge in [-0.2, -0.15) is 0 Å². The summed E-state index contributed by atoms with van der Waals surface area (Å²) in [7, 11) is 0. The fourth-order valence-electron chi connectivity index (χ4n) is 3.27. The molecule has 2 atom stereocenters. The van der Waals surface area contributed by atoms with Gasteiger partial charge >= 0.3 is 0 Å². The van der Waals surface area contributed by atoms with Gasteiger partial charge in [-0.15, -0.1) is 23.1 Å². The second kappa shape index (κ2) is 7.88. The number of nitrogens with one attached hydrogen (secondary N) is 1. The molecule has 30 heavy (non-hydrogen) atoms. The van der Waals surface area contributed by atoms with Crippen LogP contribution < -0.4 is 20.7 Å². The summed E-state index contributed by atoms with van der Waals surface area (Å²) in [6.07, 6.45) is 3.57. The van der Waals surface area contributed by atoms with Crippen LogP contribution in [-0.4, -0.2) is 50.6 Å². The Morgan fingerprint density at radius 2 is 2.03 bits per heavy atom. The SMILES string of the molecule is Nc1nc(C(=O)C(=O)NC2C(=O)N3C(C(=O)[O-])=C(C[n+]4ccccc4)CSC23)cs1. The van der Waals surface area contributed by atoms with Crippen molar-refractivity contribution in [3.63, 3.8) is 0 Å². The molecule has 2 unspecified atom stereocenters. The third kappa shape index (κ3) is 3.55. The number of β-lactam (4-membered cyclic amide) rings is 1. The van der Waals surface area contributed by atoms with Crippen molar-refractivity contribution in [1.29, 1.82) is 0 Å². The molecule has 2 aliphatic heterocycles. The van der Waals surface area contributed by atoms with Crippen molar-refractivity contribution < 1.29 is 28.9 Å². The molecule has 4 rings (SSSR count). The van der Waals surface area contributed by atoms with Gasteiger partial charge in [0.05, 0.1) is 11.7 Å². The van der Waals surface area contributed by atoms with Gasteiger partial charge in [0.1, 0.15) is 17.1 Å². The topological polar surface area (TPSA) is 149 Å². The number of carboxylic acid groups (broad SMARTS) is 1. The number of hydrogen-bond acceptors (Lipinski definition) is 9. The zero-order valence-electron chi connectivity index (χ0n) is 15.3. The van der Waals surface area contributed by atoms with E-state index in [4.69, 9.17) is 5.73 Å². The zero-order valence-corrected chi connectivity index (χ0v) is 16.9. The number of carbonyl (C=O) groups is 4. The van der Waals surface area contributed by atoms with Crippen LogP contribution in [0.2, 0.25) is 0 Å². The summed E-state index contributed by atoms with van der Waals surface area (Å²) in [5.41, 5.74) is 5.70. The molecule has 2 amide bonds. The van der Waals surface area contributed by atoms with E-state index in [0.717, 1.165) is 16.2 Å². The van der Waals surface area contributed by atoms with E-state index in [-0.39, 0.29) is 23.1 Å². The monoisotopic (exact) mass is 445 g/mol. The number of thiazole rings is 1. The number of nitrogen functional groups attached to an aromatic ring is 1. The first-order valence-electron chi connectivity index (χ1n) is 8.75. The van der Waals surface area contributed by atoms with Gasteiger partial charge in [-0.25, -0.2) is 9.55 Å². The molecule has 154 valence electrons. The zero-order chi connectivity index (χ0) is 21.4. The number of amides is 2. The third-order valence-corrected chi connectivity index (χ3v) is 6.65. The van der Waals surface area contributed by atoms with Crippen molar-refractivity contribution in [1.82, 2.24) is 15.2 Å². The van der Waals surface area contributed by atoms with Gasteiger partial charge in [-0.05, 0) is 0 Å². The Kier molecular flexibility index (Phi) is 5.26. The highest BCUT2D eigenvalue weighted by molar-refractivity contribution is 8.00. The van der Waals surface area contributed by atoms with Gasteiger partial charge in [0.2, 0.25) is 0 Å². The number of thioether (sulfide) groups is 1. The molecular weight excluding hydrogens is 430 g/mol. The van der Waals surface area contributed by atoms with Crippen molar-refractivity contribution in [2.75, 3.05) is 11.5 Å². The van der Waals surface area contributed by atoms with Crippen LogP contribution in [-0.2, 0) is 20.9 Å². The van der Waals surface area contributed by atoms with E-state index in [0.29, 0.717) is 11.3 Å². The Bertz CT molecular complexity index is 1080. The van der Waals surface area contributed by atoms with Crippen molar-refractivity contribution in [3.05, 3.63) is 52.9 Å². The van der Waals surface area contributed by atoms with E-state index in [2.05, 4.69) is 10.3 Å². The molecule has 2 aromatic heterocycles. The minimum Gasteiger partial charge on any atom is -0.543 e. The lowest BCUT2D eigenvalue weighted by molar-refractivity contribution is -0.689. The van der Waals surface area contributed by atoms with Crippen LogP contribution in [0, 0.1) is 0 Å². The summed E-state index contributed by atoms with van der Waals surface area (Å²) < 4.78 is 1.79. The lowest BCUT2D eigenvalue weighted by Gasteiger charge is -2.50. The van der Waals surface area contributed by atoms with Crippen LogP contribution in [0.25, 0.3) is 0 Å². The van der Waals surface area contributed by atoms with E-state index in [1.54, 1.807) is 17.0 Å². The van der Waals surface area contributed by atoms with Crippen molar-refractivity contribution in [2.45, 2.75) is 18.0 Å². The molecular formula is C18H15N5O5S2. The van der Waals surface area contributed by atoms with Gasteiger partial charge in [0.25, 0.3) is 17.6 Å². The van der Waals surface area contributed by atoms with Gasteiger partial charge in [-0.3, -0.25) is 19.3 Å². The maximum absolute atomic E-state index is 12.6. The number of Topliss-reactive ketones (excluding diaryl/α,β-unsaturated/α-hetero) is 1. The number of pyridine rings is 1. The predicted molar refractivity (Wildman–Crippen MR) is 105 cm³/mol. The van der Waals surface area contributed by atoms with Gasteiger partial charge < -0.3 is 21.0 Å². The Morgan fingerprint density at radius 3 is 2.67 bits per heavy atom. The fraction of sp³-hybridized carbons (Fsp3) is 0.222. The number of hydrogen-bond donors (Lipinski definition) is 2. The second-order valence-corrected chi connectivity index (χ2v) is 8.54. The number of aliphatic carboxylic acids is 1. The Labute approximate surface area is 178 Å². The predicted octanol–water partition coefficient (Wildman–Crippen LogP) is -1.70. The third-order valence-electron chi connectivity index (χ3n) is 4.64. The quantitative estimate of drug-likeness (QED) is 0.231. The number of anilines is 1. The van der Waals surface area contributed by atoms with E-state index >= 15 is 0 Å². The number of aromatic nitrogens is 2. The van der Waals surface area contributed by atoms with E-state index < -0.39 is 35.0 Å². The highest BCUT2D eigenvalue weighted by Gasteiger charge is 2.53. The molecule has 0 saturated carbocycles. The average molecular weight is 445 g/mol. The molecule has 4 heterocycles. The van der Waals surface area contributed by atoms with E-state index in [1.807, 2.05) is 18.2 Å². The molecule has 0 aliphatic carbocycles. The number of carboxylic acids is 1. The molecule has 0 radical (unpaired) electrons. The summed E-state index contributed by atoms with van der Waals surface area (Å²) in [6.45, 7) is 0.286. The molecule has 0 aromatic carbocycles. The van der Waals surface area contributed by atoms with Crippen LogP contribution in [0.3, 0.4) is 0 Å². The van der Waals surface area contributed by atoms with Gasteiger partial charge in [0.15, 0.2) is 24.1 Å². The molecule has 12 heteroatoms. The number of rotatable bonds is 6. The number of nitrogens with two attached hydrogens (primary N) is 1. The highest BCUT2D eigenvalue weighted by atomic mass is 32.2. The Hall–Kier alpha value is -3.25. The maximum Gasteiger partial charge on any atom is 0.294 e. The van der Waals surface area contributed by atoms with Gasteiger partial charge in [-0.1, -0.05) is 6.07 Å². The molecule has 1 fully saturated rings. The standard InChI is InChI=1S/C18H15N5O5S2/c19-18-20-10(8-30-18)13(24)14(25)21-11-15(26)23-12(17(27)28)9(7-29-16(11)23)6-22-4-2-1-3-5-22/h1-5,8,11,16H,6-7H2,(H3-,19,20,21,25,27,28). The Balaban J connectivity index is 1.50. The summed E-state index contributed by atoms with van der Waals surface area (Å²) in [6, 6.07) is 4.45. The van der Waals surface area contributed by atoms with Crippen molar-refractivity contribution in [2.24, 2.45) is 0 Å². The number of carbonyl (C=O) groups excluding carboxylic acids is 4. The maximum atomic E-state index is 12.6. The molecule has 10 nitrogen and oxygen atoms in total.